The van der Waals surface area contributed by atoms with Crippen molar-refractivity contribution in [2.45, 2.75) is 6.42 Å². The lowest BCUT2D eigenvalue weighted by Gasteiger charge is -1.97. The van der Waals surface area contributed by atoms with Crippen LogP contribution in [0.15, 0.2) is 35.5 Å². The van der Waals surface area contributed by atoms with Crippen LogP contribution in [0.4, 0.5) is 11.5 Å². The van der Waals surface area contributed by atoms with Crippen LogP contribution in [0.5, 0.6) is 0 Å². The molecule has 0 aliphatic heterocycles. The zero-order valence-corrected chi connectivity index (χ0v) is 7.07. The minimum absolute atomic E-state index is 0.500. The number of H-pyrrole nitrogens is 1. The molecule has 66 valence electrons. The van der Waals surface area contributed by atoms with Crippen molar-refractivity contribution in [3.05, 3.63) is 30.5 Å². The van der Waals surface area contributed by atoms with Crippen LogP contribution in [0.2, 0.25) is 0 Å². The summed E-state index contributed by atoms with van der Waals surface area (Å²) in [6.45, 7) is 0. The monoisotopic (exact) mass is 174 g/mol. The van der Waals surface area contributed by atoms with Crippen molar-refractivity contribution in [1.82, 2.24) is 10.2 Å². The summed E-state index contributed by atoms with van der Waals surface area (Å²) in [5, 5.41) is 6.41. The van der Waals surface area contributed by atoms with E-state index >= 15 is 0 Å². The second-order valence-electron chi connectivity index (χ2n) is 2.75. The van der Waals surface area contributed by atoms with Crippen molar-refractivity contribution in [3.63, 3.8) is 0 Å². The fraction of sp³-hybridized carbons (Fsp3) is 0.111. The number of allylic oxidation sites excluding steroid dienone is 4. The number of nitrogens with one attached hydrogen (secondary N) is 1. The summed E-state index contributed by atoms with van der Waals surface area (Å²) in [4.78, 5) is 4.30. The van der Waals surface area contributed by atoms with Gasteiger partial charge in [0, 0.05) is 0 Å². The minimum atomic E-state index is 0.500. The highest BCUT2D eigenvalue weighted by atomic mass is 15.2. The van der Waals surface area contributed by atoms with Crippen molar-refractivity contribution in [2.75, 3.05) is 5.73 Å². The van der Waals surface area contributed by atoms with Crippen molar-refractivity contribution in [3.8, 4) is 0 Å². The SMILES string of the molecule is Nc1[nH]ncc1N=C1C=CCC=C1. The minimum Gasteiger partial charge on any atom is -0.382 e. The van der Waals surface area contributed by atoms with Gasteiger partial charge in [0.1, 0.15) is 11.5 Å². The van der Waals surface area contributed by atoms with Gasteiger partial charge in [0.15, 0.2) is 0 Å². The number of aliphatic imine (C=N–C) groups is 1. The quantitative estimate of drug-likeness (QED) is 0.678. The zero-order valence-electron chi connectivity index (χ0n) is 7.07. The van der Waals surface area contributed by atoms with Crippen molar-refractivity contribution >= 4 is 17.2 Å². The molecule has 0 bridgehead atoms. The maximum Gasteiger partial charge on any atom is 0.145 e. The summed E-state index contributed by atoms with van der Waals surface area (Å²) in [7, 11) is 0. The van der Waals surface area contributed by atoms with Crippen LogP contribution in [-0.2, 0) is 0 Å². The molecule has 0 saturated heterocycles. The number of aromatic nitrogens is 2. The molecule has 3 N–H and O–H groups in total. The second kappa shape index (κ2) is 3.26. The molecule has 0 spiro atoms. The third-order valence-electron chi connectivity index (χ3n) is 1.75. The van der Waals surface area contributed by atoms with Gasteiger partial charge in [-0.1, -0.05) is 12.2 Å². The highest BCUT2D eigenvalue weighted by molar-refractivity contribution is 6.06. The topological polar surface area (TPSA) is 67.1 Å². The number of rotatable bonds is 1. The van der Waals surface area contributed by atoms with Gasteiger partial charge in [0.05, 0.1) is 11.9 Å². The predicted molar refractivity (Wildman–Crippen MR) is 53.0 cm³/mol. The van der Waals surface area contributed by atoms with E-state index in [0.29, 0.717) is 11.5 Å². The molecule has 1 aromatic heterocycles. The standard InChI is InChI=1S/C9H10N4/c10-9-8(6-11-13-9)12-7-4-2-1-3-5-7/h2-6H,1H2,(H3,10,11,13). The molecule has 4 heteroatoms. The van der Waals surface area contributed by atoms with E-state index < -0.39 is 0 Å². The van der Waals surface area contributed by atoms with E-state index in [9.17, 15) is 0 Å². The first-order valence-corrected chi connectivity index (χ1v) is 4.07. The average Bonchev–Trinajstić information content (AvgIpc) is 2.54. The van der Waals surface area contributed by atoms with E-state index in [-0.39, 0.29) is 0 Å². The predicted octanol–water partition coefficient (Wildman–Crippen LogP) is 1.58. The summed E-state index contributed by atoms with van der Waals surface area (Å²) in [6, 6.07) is 0. The Bertz CT molecular complexity index is 370. The van der Waals surface area contributed by atoms with Crippen LogP contribution in [0.25, 0.3) is 0 Å². The molecule has 0 aromatic carbocycles. The van der Waals surface area contributed by atoms with Gasteiger partial charge in [-0.05, 0) is 18.6 Å². The first-order valence-electron chi connectivity index (χ1n) is 4.07. The Kier molecular flexibility index (Phi) is 1.96. The lowest BCUT2D eigenvalue weighted by Crippen LogP contribution is -1.91. The first-order chi connectivity index (χ1) is 6.36. The number of hydrogen-bond acceptors (Lipinski definition) is 3. The Morgan fingerprint density at radius 3 is 2.77 bits per heavy atom. The fourth-order valence-electron chi connectivity index (χ4n) is 1.10. The van der Waals surface area contributed by atoms with E-state index in [1.54, 1.807) is 6.20 Å². The number of nitrogens with two attached hydrogens (primary N) is 1. The second-order valence-corrected chi connectivity index (χ2v) is 2.75. The highest BCUT2D eigenvalue weighted by Crippen LogP contribution is 2.18. The van der Waals surface area contributed by atoms with Gasteiger partial charge >= 0.3 is 0 Å². The molecular formula is C9H10N4. The smallest absolute Gasteiger partial charge is 0.145 e. The average molecular weight is 174 g/mol. The normalized spacial score (nSPS) is 14.9. The Morgan fingerprint density at radius 1 is 1.38 bits per heavy atom. The number of nitrogens with zero attached hydrogens (tertiary/aromatic N) is 2. The van der Waals surface area contributed by atoms with Gasteiger partial charge in [-0.25, -0.2) is 4.99 Å². The molecule has 1 heterocycles. The van der Waals surface area contributed by atoms with Crippen LogP contribution in [-0.4, -0.2) is 15.9 Å². The van der Waals surface area contributed by atoms with E-state index in [1.165, 1.54) is 0 Å². The van der Waals surface area contributed by atoms with E-state index in [2.05, 4.69) is 27.3 Å². The Balaban J connectivity index is 2.29. The molecule has 1 aliphatic rings. The van der Waals surface area contributed by atoms with Crippen LogP contribution in [0, 0.1) is 0 Å². The third-order valence-corrected chi connectivity index (χ3v) is 1.75. The van der Waals surface area contributed by atoms with Gasteiger partial charge in [-0.15, -0.1) is 0 Å². The summed E-state index contributed by atoms with van der Waals surface area (Å²) < 4.78 is 0. The molecule has 2 rings (SSSR count). The van der Waals surface area contributed by atoms with Crippen molar-refractivity contribution < 1.29 is 0 Å². The Labute approximate surface area is 75.9 Å². The number of hydrogen-bond donors (Lipinski definition) is 2. The zero-order chi connectivity index (χ0) is 9.10. The van der Waals surface area contributed by atoms with Crippen molar-refractivity contribution in [1.29, 1.82) is 0 Å². The van der Waals surface area contributed by atoms with Crippen LogP contribution in [0.3, 0.4) is 0 Å². The van der Waals surface area contributed by atoms with Crippen molar-refractivity contribution in [2.24, 2.45) is 4.99 Å². The van der Waals surface area contributed by atoms with Crippen LogP contribution in [0.1, 0.15) is 6.42 Å². The summed E-state index contributed by atoms with van der Waals surface area (Å²) >= 11 is 0. The lowest BCUT2D eigenvalue weighted by molar-refractivity contribution is 1.10. The molecule has 0 unspecified atom stereocenters. The van der Waals surface area contributed by atoms with Gasteiger partial charge in [-0.3, -0.25) is 5.10 Å². The molecule has 1 aromatic rings. The summed E-state index contributed by atoms with van der Waals surface area (Å²) in [5.41, 5.74) is 7.17. The van der Waals surface area contributed by atoms with Crippen LogP contribution < -0.4 is 5.73 Å². The maximum absolute atomic E-state index is 5.58. The molecule has 0 saturated carbocycles. The third kappa shape index (κ3) is 1.66. The number of anilines is 1. The lowest BCUT2D eigenvalue weighted by atomic mass is 10.2. The van der Waals surface area contributed by atoms with Crippen LogP contribution >= 0.6 is 0 Å². The molecule has 0 atom stereocenters. The molecule has 0 fully saturated rings. The summed E-state index contributed by atoms with van der Waals surface area (Å²) in [5.74, 6) is 0.500. The van der Waals surface area contributed by atoms with Gasteiger partial charge in [-0.2, -0.15) is 5.10 Å². The van der Waals surface area contributed by atoms with Gasteiger partial charge < -0.3 is 5.73 Å². The van der Waals surface area contributed by atoms with E-state index in [4.69, 9.17) is 5.73 Å². The van der Waals surface area contributed by atoms with E-state index in [1.807, 2.05) is 12.2 Å². The Hall–Kier alpha value is -1.84. The molecule has 0 radical (unpaired) electrons. The molecule has 13 heavy (non-hydrogen) atoms. The van der Waals surface area contributed by atoms with Gasteiger partial charge in [0.25, 0.3) is 0 Å². The number of aromatic amines is 1. The fourth-order valence-corrected chi connectivity index (χ4v) is 1.10. The molecule has 0 amide bonds. The molecular weight excluding hydrogens is 164 g/mol. The van der Waals surface area contributed by atoms with Gasteiger partial charge in [0.2, 0.25) is 0 Å². The van der Waals surface area contributed by atoms with E-state index in [0.717, 1.165) is 12.1 Å². The first kappa shape index (κ1) is 7.79. The summed E-state index contributed by atoms with van der Waals surface area (Å²) in [6.07, 6.45) is 10.6. The maximum atomic E-state index is 5.58. The molecule has 4 nitrogen and oxygen atoms in total. The number of nitrogen functional groups attached to an aromatic ring is 1. The largest absolute Gasteiger partial charge is 0.382 e. The highest BCUT2D eigenvalue weighted by Gasteiger charge is 1.99. The Morgan fingerprint density at radius 2 is 2.15 bits per heavy atom. The molecule has 1 aliphatic carbocycles.